The third kappa shape index (κ3) is 5.34. The maximum atomic E-state index is 12.5. The summed E-state index contributed by atoms with van der Waals surface area (Å²) in [5.41, 5.74) is 4.66. The largest absolute Gasteiger partial charge is 0.371 e. The van der Waals surface area contributed by atoms with Gasteiger partial charge in [-0.15, -0.1) is 0 Å². The highest BCUT2D eigenvalue weighted by Gasteiger charge is 2.41. The van der Waals surface area contributed by atoms with Crippen LogP contribution in [-0.4, -0.2) is 72.6 Å². The third-order valence-corrected chi connectivity index (χ3v) is 6.28. The van der Waals surface area contributed by atoms with Gasteiger partial charge in [0.25, 0.3) is 0 Å². The number of primary amides is 1. The molecule has 2 saturated heterocycles. The molecule has 3 aliphatic rings. The van der Waals surface area contributed by atoms with Gasteiger partial charge in [0.15, 0.2) is 0 Å². The summed E-state index contributed by atoms with van der Waals surface area (Å²) in [4.78, 5) is 39.3. The van der Waals surface area contributed by atoms with Crippen molar-refractivity contribution in [1.29, 1.82) is 0 Å². The Kier molecular flexibility index (Phi) is 6.57. The van der Waals surface area contributed by atoms with Gasteiger partial charge in [-0.1, -0.05) is 25.7 Å². The van der Waals surface area contributed by atoms with E-state index in [1.807, 2.05) is 4.90 Å². The predicted octanol–water partition coefficient (Wildman–Crippen LogP) is 0.845. The van der Waals surface area contributed by atoms with Gasteiger partial charge in [-0.05, 0) is 25.2 Å². The number of ether oxygens (including phenoxy) is 1. The van der Waals surface area contributed by atoms with E-state index in [2.05, 4.69) is 5.32 Å². The van der Waals surface area contributed by atoms with Crippen molar-refractivity contribution in [3.8, 4) is 0 Å². The van der Waals surface area contributed by atoms with E-state index in [1.54, 1.807) is 4.90 Å². The maximum absolute atomic E-state index is 12.5. The average molecular weight is 380 g/mol. The van der Waals surface area contributed by atoms with E-state index in [4.69, 9.17) is 10.5 Å². The number of likely N-dealkylation sites (tertiary alicyclic amines) is 1. The second-order valence-corrected chi connectivity index (χ2v) is 8.13. The summed E-state index contributed by atoms with van der Waals surface area (Å²) in [5.74, 6) is 0.845. The molecule has 0 aromatic heterocycles. The van der Waals surface area contributed by atoms with Gasteiger partial charge in [0, 0.05) is 32.6 Å². The number of nitrogens with one attached hydrogen (secondary N) is 1. The van der Waals surface area contributed by atoms with Crippen LogP contribution < -0.4 is 11.1 Å². The van der Waals surface area contributed by atoms with Gasteiger partial charge in [0.1, 0.15) is 0 Å². The molecule has 1 saturated carbocycles. The molecule has 2 aliphatic heterocycles. The van der Waals surface area contributed by atoms with Gasteiger partial charge >= 0.3 is 6.03 Å². The number of carbonyl (C=O) groups excluding carboxylic acids is 3. The van der Waals surface area contributed by atoms with Crippen molar-refractivity contribution in [3.63, 3.8) is 0 Å². The number of urea groups is 1. The number of hydrogen-bond acceptors (Lipinski definition) is 4. The van der Waals surface area contributed by atoms with Crippen molar-refractivity contribution in [2.24, 2.45) is 11.7 Å². The molecule has 3 rings (SSSR count). The molecule has 8 heteroatoms. The lowest BCUT2D eigenvalue weighted by Crippen LogP contribution is -2.59. The quantitative estimate of drug-likeness (QED) is 0.737. The number of rotatable bonds is 5. The molecule has 0 unspecified atom stereocenters. The van der Waals surface area contributed by atoms with Crippen molar-refractivity contribution >= 4 is 17.8 Å². The second-order valence-electron chi connectivity index (χ2n) is 8.13. The number of hydrogen-bond donors (Lipinski definition) is 2. The average Bonchev–Trinajstić information content (AvgIpc) is 3.18. The monoisotopic (exact) mass is 380 g/mol. The van der Waals surface area contributed by atoms with Crippen LogP contribution in [0.4, 0.5) is 4.79 Å². The first kappa shape index (κ1) is 19.9. The van der Waals surface area contributed by atoms with Crippen LogP contribution in [0.3, 0.4) is 0 Å². The molecule has 0 aromatic rings. The van der Waals surface area contributed by atoms with E-state index < -0.39 is 6.03 Å². The van der Waals surface area contributed by atoms with Crippen LogP contribution >= 0.6 is 0 Å². The van der Waals surface area contributed by atoms with E-state index in [1.165, 1.54) is 25.7 Å². The fraction of sp³-hybridized carbons (Fsp3) is 0.842. The number of amides is 4. The lowest BCUT2D eigenvalue weighted by atomic mass is 9.89. The van der Waals surface area contributed by atoms with Gasteiger partial charge in [0.2, 0.25) is 11.8 Å². The summed E-state index contributed by atoms with van der Waals surface area (Å²) < 4.78 is 6.04. The Hall–Kier alpha value is -1.83. The molecule has 4 amide bonds. The highest BCUT2D eigenvalue weighted by molar-refractivity contribution is 5.83. The first-order valence-electron chi connectivity index (χ1n) is 10.2. The summed E-state index contributed by atoms with van der Waals surface area (Å²) in [7, 11) is 0. The van der Waals surface area contributed by atoms with Gasteiger partial charge in [0.05, 0.1) is 18.8 Å². The SMILES string of the molecule is NC(=O)NCC(=O)N1CCOC2(CCN(C(=O)CCC3CCCC3)CC2)C1. The van der Waals surface area contributed by atoms with E-state index in [0.29, 0.717) is 39.2 Å². The van der Waals surface area contributed by atoms with Gasteiger partial charge in [-0.25, -0.2) is 4.79 Å². The van der Waals surface area contributed by atoms with Crippen LogP contribution in [0.2, 0.25) is 0 Å². The lowest BCUT2D eigenvalue weighted by molar-refractivity contribution is -0.162. The Labute approximate surface area is 160 Å². The molecule has 27 heavy (non-hydrogen) atoms. The van der Waals surface area contributed by atoms with Crippen LogP contribution in [0.1, 0.15) is 51.4 Å². The van der Waals surface area contributed by atoms with Crippen LogP contribution in [0.15, 0.2) is 0 Å². The Morgan fingerprint density at radius 3 is 2.41 bits per heavy atom. The van der Waals surface area contributed by atoms with Crippen molar-refractivity contribution in [2.75, 3.05) is 39.3 Å². The molecule has 3 fully saturated rings. The summed E-state index contributed by atoms with van der Waals surface area (Å²) in [6.07, 6.45) is 8.34. The van der Waals surface area contributed by atoms with E-state index in [0.717, 1.165) is 25.2 Å². The van der Waals surface area contributed by atoms with Gasteiger partial charge in [-0.3, -0.25) is 9.59 Å². The Balaban J connectivity index is 1.44. The standard InChI is InChI=1S/C19H32N4O4/c20-18(26)21-13-17(25)23-11-12-27-19(14-23)7-9-22(10-8-19)16(24)6-5-15-3-1-2-4-15/h15H,1-14H2,(H3,20,21,26). The molecule has 2 heterocycles. The number of nitrogens with zero attached hydrogens (tertiary/aromatic N) is 2. The van der Waals surface area contributed by atoms with Crippen LogP contribution in [0.5, 0.6) is 0 Å². The summed E-state index contributed by atoms with van der Waals surface area (Å²) in [6, 6.07) is -0.698. The van der Waals surface area contributed by atoms with E-state index >= 15 is 0 Å². The predicted molar refractivity (Wildman–Crippen MR) is 99.9 cm³/mol. The zero-order chi connectivity index (χ0) is 19.3. The Bertz CT molecular complexity index is 554. The lowest BCUT2D eigenvalue weighted by Gasteiger charge is -2.47. The molecule has 0 aromatic carbocycles. The molecular weight excluding hydrogens is 348 g/mol. The first-order chi connectivity index (χ1) is 13.0. The van der Waals surface area contributed by atoms with Crippen LogP contribution in [-0.2, 0) is 14.3 Å². The molecule has 0 atom stereocenters. The molecule has 0 bridgehead atoms. The fourth-order valence-corrected chi connectivity index (χ4v) is 4.58. The maximum Gasteiger partial charge on any atom is 0.312 e. The van der Waals surface area contributed by atoms with Crippen molar-refractivity contribution in [1.82, 2.24) is 15.1 Å². The molecule has 152 valence electrons. The van der Waals surface area contributed by atoms with E-state index in [9.17, 15) is 14.4 Å². The molecule has 3 N–H and O–H groups in total. The number of piperidine rings is 1. The van der Waals surface area contributed by atoms with Crippen molar-refractivity contribution in [3.05, 3.63) is 0 Å². The second kappa shape index (κ2) is 8.91. The third-order valence-electron chi connectivity index (χ3n) is 6.28. The molecule has 1 aliphatic carbocycles. The zero-order valence-corrected chi connectivity index (χ0v) is 16.1. The number of morpholine rings is 1. The molecule has 8 nitrogen and oxygen atoms in total. The van der Waals surface area contributed by atoms with E-state index in [-0.39, 0.29) is 24.0 Å². The highest BCUT2D eigenvalue weighted by atomic mass is 16.5. The van der Waals surface area contributed by atoms with Crippen LogP contribution in [0.25, 0.3) is 0 Å². The minimum atomic E-state index is -0.698. The first-order valence-corrected chi connectivity index (χ1v) is 10.2. The molecule has 0 radical (unpaired) electrons. The smallest absolute Gasteiger partial charge is 0.312 e. The molecule has 1 spiro atoms. The molecular formula is C19H32N4O4. The normalized spacial score (nSPS) is 22.8. The Morgan fingerprint density at radius 2 is 1.74 bits per heavy atom. The topological polar surface area (TPSA) is 105 Å². The number of carbonyl (C=O) groups is 3. The van der Waals surface area contributed by atoms with Crippen molar-refractivity contribution in [2.45, 2.75) is 57.0 Å². The van der Waals surface area contributed by atoms with Crippen molar-refractivity contribution < 1.29 is 19.1 Å². The minimum Gasteiger partial charge on any atom is -0.371 e. The fourth-order valence-electron chi connectivity index (χ4n) is 4.58. The van der Waals surface area contributed by atoms with Crippen LogP contribution in [0, 0.1) is 5.92 Å². The summed E-state index contributed by atoms with van der Waals surface area (Å²) >= 11 is 0. The van der Waals surface area contributed by atoms with Gasteiger partial charge < -0.3 is 25.6 Å². The zero-order valence-electron chi connectivity index (χ0n) is 16.1. The summed E-state index contributed by atoms with van der Waals surface area (Å²) in [5, 5.41) is 2.35. The summed E-state index contributed by atoms with van der Waals surface area (Å²) in [6.45, 7) is 2.80. The van der Waals surface area contributed by atoms with Gasteiger partial charge in [-0.2, -0.15) is 0 Å². The highest BCUT2D eigenvalue weighted by Crippen LogP contribution is 2.32. The number of nitrogens with two attached hydrogens (primary N) is 1. The Morgan fingerprint density at radius 1 is 1.04 bits per heavy atom. The minimum absolute atomic E-state index is 0.0861.